The molecular formula is C15H20ClNO2. The second-order valence-electron chi connectivity index (χ2n) is 5.25. The summed E-state index contributed by atoms with van der Waals surface area (Å²) in [6.45, 7) is 5.65. The van der Waals surface area contributed by atoms with E-state index in [1.54, 1.807) is 19.1 Å². The Balaban J connectivity index is 1.95. The van der Waals surface area contributed by atoms with Crippen molar-refractivity contribution in [1.82, 2.24) is 4.90 Å². The highest BCUT2D eigenvalue weighted by Crippen LogP contribution is 2.20. The summed E-state index contributed by atoms with van der Waals surface area (Å²) in [5, 5.41) is 0.615. The van der Waals surface area contributed by atoms with Crippen molar-refractivity contribution in [3.63, 3.8) is 0 Å². The van der Waals surface area contributed by atoms with Crippen LogP contribution in [0.5, 0.6) is 5.75 Å². The highest BCUT2D eigenvalue weighted by molar-refractivity contribution is 6.30. The molecule has 4 heteroatoms. The SMILES string of the molecule is C[C@H]1CCCN(C(=O)[C@@H](C)Oc2cccc(Cl)c2)C1. The number of ether oxygens (including phenoxy) is 1. The van der Waals surface area contributed by atoms with Crippen molar-refractivity contribution in [2.24, 2.45) is 5.92 Å². The Morgan fingerprint density at radius 3 is 3.00 bits per heavy atom. The van der Waals surface area contributed by atoms with Crippen LogP contribution in [-0.2, 0) is 4.79 Å². The van der Waals surface area contributed by atoms with Crippen LogP contribution in [0.25, 0.3) is 0 Å². The van der Waals surface area contributed by atoms with E-state index in [0.29, 0.717) is 16.7 Å². The molecule has 1 saturated heterocycles. The first-order chi connectivity index (χ1) is 9.06. The Morgan fingerprint density at radius 1 is 1.53 bits per heavy atom. The lowest BCUT2D eigenvalue weighted by atomic mass is 10.00. The maximum absolute atomic E-state index is 12.3. The van der Waals surface area contributed by atoms with E-state index in [2.05, 4.69) is 6.92 Å². The normalized spacial score (nSPS) is 21.0. The summed E-state index contributed by atoms with van der Waals surface area (Å²) in [6.07, 6.45) is 1.81. The van der Waals surface area contributed by atoms with Gasteiger partial charge in [-0.3, -0.25) is 4.79 Å². The van der Waals surface area contributed by atoms with Gasteiger partial charge in [0.1, 0.15) is 5.75 Å². The van der Waals surface area contributed by atoms with E-state index in [4.69, 9.17) is 16.3 Å². The minimum Gasteiger partial charge on any atom is -0.481 e. The average molecular weight is 282 g/mol. The van der Waals surface area contributed by atoms with Crippen LogP contribution in [0.3, 0.4) is 0 Å². The molecule has 0 saturated carbocycles. The van der Waals surface area contributed by atoms with Crippen LogP contribution < -0.4 is 4.74 Å². The molecule has 3 nitrogen and oxygen atoms in total. The van der Waals surface area contributed by atoms with Crippen molar-refractivity contribution < 1.29 is 9.53 Å². The van der Waals surface area contributed by atoms with Crippen LogP contribution in [0.4, 0.5) is 0 Å². The second kappa shape index (κ2) is 6.29. The summed E-state index contributed by atoms with van der Waals surface area (Å²) in [7, 11) is 0. The van der Waals surface area contributed by atoms with Crippen LogP contribution in [0.15, 0.2) is 24.3 Å². The highest BCUT2D eigenvalue weighted by atomic mass is 35.5. The molecule has 1 aliphatic rings. The topological polar surface area (TPSA) is 29.5 Å². The van der Waals surface area contributed by atoms with E-state index in [0.717, 1.165) is 19.5 Å². The molecule has 0 N–H and O–H groups in total. The summed E-state index contributed by atoms with van der Waals surface area (Å²) in [5.41, 5.74) is 0. The van der Waals surface area contributed by atoms with Crippen LogP contribution >= 0.6 is 11.6 Å². The third-order valence-electron chi connectivity index (χ3n) is 3.43. The fraction of sp³-hybridized carbons (Fsp3) is 0.533. The summed E-state index contributed by atoms with van der Waals surface area (Å²) in [6, 6.07) is 7.14. The monoisotopic (exact) mass is 281 g/mol. The molecule has 2 atom stereocenters. The van der Waals surface area contributed by atoms with E-state index < -0.39 is 6.10 Å². The first-order valence-electron chi connectivity index (χ1n) is 6.77. The Morgan fingerprint density at radius 2 is 2.32 bits per heavy atom. The van der Waals surface area contributed by atoms with Gasteiger partial charge in [-0.25, -0.2) is 0 Å². The van der Waals surface area contributed by atoms with E-state index in [-0.39, 0.29) is 5.91 Å². The molecule has 19 heavy (non-hydrogen) atoms. The van der Waals surface area contributed by atoms with Gasteiger partial charge >= 0.3 is 0 Å². The molecule has 1 aliphatic heterocycles. The van der Waals surface area contributed by atoms with E-state index >= 15 is 0 Å². The Kier molecular flexibility index (Phi) is 4.70. The van der Waals surface area contributed by atoms with Crippen molar-refractivity contribution >= 4 is 17.5 Å². The lowest BCUT2D eigenvalue weighted by Gasteiger charge is -2.32. The summed E-state index contributed by atoms with van der Waals surface area (Å²) in [5.74, 6) is 1.28. The van der Waals surface area contributed by atoms with Gasteiger partial charge in [0.15, 0.2) is 6.10 Å². The summed E-state index contributed by atoms with van der Waals surface area (Å²) < 4.78 is 5.67. The predicted molar refractivity (Wildman–Crippen MR) is 76.5 cm³/mol. The molecule has 1 heterocycles. The number of nitrogens with zero attached hydrogens (tertiary/aromatic N) is 1. The van der Waals surface area contributed by atoms with Crippen LogP contribution in [0.2, 0.25) is 5.02 Å². The molecule has 1 aromatic rings. The van der Waals surface area contributed by atoms with Crippen LogP contribution in [0, 0.1) is 5.92 Å². The van der Waals surface area contributed by atoms with Gasteiger partial charge in [0.05, 0.1) is 0 Å². The van der Waals surface area contributed by atoms with Crippen molar-refractivity contribution in [3.8, 4) is 5.75 Å². The number of amides is 1. The molecule has 1 aromatic carbocycles. The molecule has 0 aliphatic carbocycles. The minimum atomic E-state index is -0.469. The zero-order valence-electron chi connectivity index (χ0n) is 11.4. The Hall–Kier alpha value is -1.22. The number of benzene rings is 1. The average Bonchev–Trinajstić information content (AvgIpc) is 2.38. The number of piperidine rings is 1. The number of hydrogen-bond acceptors (Lipinski definition) is 2. The molecule has 0 radical (unpaired) electrons. The van der Waals surface area contributed by atoms with Gasteiger partial charge in [-0.05, 0) is 43.9 Å². The van der Waals surface area contributed by atoms with Crippen LogP contribution in [0.1, 0.15) is 26.7 Å². The third-order valence-corrected chi connectivity index (χ3v) is 3.66. The van der Waals surface area contributed by atoms with Crippen molar-refractivity contribution in [2.45, 2.75) is 32.8 Å². The van der Waals surface area contributed by atoms with Gasteiger partial charge in [-0.15, -0.1) is 0 Å². The zero-order valence-corrected chi connectivity index (χ0v) is 12.2. The smallest absolute Gasteiger partial charge is 0.263 e. The molecular weight excluding hydrogens is 262 g/mol. The summed E-state index contributed by atoms with van der Waals surface area (Å²) in [4.78, 5) is 14.2. The van der Waals surface area contributed by atoms with Gasteiger partial charge in [0.25, 0.3) is 5.91 Å². The first kappa shape index (κ1) is 14.2. The van der Waals surface area contributed by atoms with Crippen molar-refractivity contribution in [3.05, 3.63) is 29.3 Å². The standard InChI is InChI=1S/C15H20ClNO2/c1-11-5-4-8-17(10-11)15(18)12(2)19-14-7-3-6-13(16)9-14/h3,6-7,9,11-12H,4-5,8,10H2,1-2H3/t11-,12+/m0/s1. The van der Waals surface area contributed by atoms with E-state index in [9.17, 15) is 4.79 Å². The van der Waals surface area contributed by atoms with Gasteiger partial charge in [-0.1, -0.05) is 24.6 Å². The van der Waals surface area contributed by atoms with Gasteiger partial charge in [0, 0.05) is 18.1 Å². The number of carbonyl (C=O) groups excluding carboxylic acids is 1. The van der Waals surface area contributed by atoms with Crippen molar-refractivity contribution in [2.75, 3.05) is 13.1 Å². The van der Waals surface area contributed by atoms with Crippen molar-refractivity contribution in [1.29, 1.82) is 0 Å². The minimum absolute atomic E-state index is 0.0616. The molecule has 0 bridgehead atoms. The molecule has 104 valence electrons. The molecule has 1 fully saturated rings. The number of hydrogen-bond donors (Lipinski definition) is 0. The van der Waals surface area contributed by atoms with Crippen LogP contribution in [-0.4, -0.2) is 30.0 Å². The molecule has 0 unspecified atom stereocenters. The number of likely N-dealkylation sites (tertiary alicyclic amines) is 1. The van der Waals surface area contributed by atoms with E-state index in [1.807, 2.05) is 17.0 Å². The second-order valence-corrected chi connectivity index (χ2v) is 5.69. The number of rotatable bonds is 3. The lowest BCUT2D eigenvalue weighted by Crippen LogP contribution is -2.45. The Labute approximate surface area is 119 Å². The third kappa shape index (κ3) is 3.87. The quantitative estimate of drug-likeness (QED) is 0.850. The molecule has 0 spiro atoms. The molecule has 1 amide bonds. The van der Waals surface area contributed by atoms with Gasteiger partial charge in [-0.2, -0.15) is 0 Å². The fourth-order valence-corrected chi connectivity index (χ4v) is 2.62. The lowest BCUT2D eigenvalue weighted by molar-refractivity contribution is -0.139. The maximum Gasteiger partial charge on any atom is 0.263 e. The molecule has 0 aromatic heterocycles. The Bertz CT molecular complexity index is 450. The first-order valence-corrected chi connectivity index (χ1v) is 7.15. The zero-order chi connectivity index (χ0) is 13.8. The highest BCUT2D eigenvalue weighted by Gasteiger charge is 2.26. The maximum atomic E-state index is 12.3. The fourth-order valence-electron chi connectivity index (χ4n) is 2.44. The summed E-state index contributed by atoms with van der Waals surface area (Å²) >= 11 is 5.90. The molecule has 2 rings (SSSR count). The van der Waals surface area contributed by atoms with Gasteiger partial charge < -0.3 is 9.64 Å². The number of halogens is 1. The van der Waals surface area contributed by atoms with E-state index in [1.165, 1.54) is 6.42 Å². The predicted octanol–water partition coefficient (Wildman–Crippen LogP) is 3.37. The largest absolute Gasteiger partial charge is 0.481 e. The number of carbonyl (C=O) groups is 1. The van der Waals surface area contributed by atoms with Gasteiger partial charge in [0.2, 0.25) is 0 Å².